The van der Waals surface area contributed by atoms with Gasteiger partial charge in [0.15, 0.2) is 12.4 Å². The van der Waals surface area contributed by atoms with Crippen LogP contribution < -0.4 is 0 Å². The lowest BCUT2D eigenvalue weighted by Gasteiger charge is -2.08. The Balaban J connectivity index is 2.16. The quantitative estimate of drug-likeness (QED) is 0.489. The van der Waals surface area contributed by atoms with Gasteiger partial charge in [0, 0.05) is 0 Å². The second-order valence-corrected chi connectivity index (χ2v) is 3.05. The molecule has 0 aromatic carbocycles. The van der Waals surface area contributed by atoms with Gasteiger partial charge in [-0.1, -0.05) is 13.3 Å². The molecule has 1 aliphatic rings. The van der Waals surface area contributed by atoms with E-state index in [2.05, 4.69) is 0 Å². The van der Waals surface area contributed by atoms with Gasteiger partial charge in [0.1, 0.15) is 0 Å². The highest BCUT2D eigenvalue weighted by atomic mass is 16.7. The first-order valence-corrected chi connectivity index (χ1v) is 4.67. The Hall–Kier alpha value is -0.610. The number of esters is 1. The van der Waals surface area contributed by atoms with Gasteiger partial charge >= 0.3 is 5.97 Å². The summed E-state index contributed by atoms with van der Waals surface area (Å²) >= 11 is 0. The number of carbonyl (C=O) groups is 1. The molecule has 4 nitrogen and oxygen atoms in total. The van der Waals surface area contributed by atoms with Crippen molar-refractivity contribution in [1.29, 1.82) is 0 Å². The SMILES string of the molecule is CCCCOC(=O)C1COC(C)O1. The molecule has 0 spiro atoms. The highest BCUT2D eigenvalue weighted by Gasteiger charge is 2.29. The predicted molar refractivity (Wildman–Crippen MR) is 46.2 cm³/mol. The molecular formula is C9H16O4. The van der Waals surface area contributed by atoms with E-state index >= 15 is 0 Å². The second kappa shape index (κ2) is 5.19. The van der Waals surface area contributed by atoms with Gasteiger partial charge in [0.25, 0.3) is 0 Å². The summed E-state index contributed by atoms with van der Waals surface area (Å²) < 4.78 is 15.2. The van der Waals surface area contributed by atoms with Crippen molar-refractivity contribution < 1.29 is 19.0 Å². The van der Waals surface area contributed by atoms with Gasteiger partial charge in [0.05, 0.1) is 13.2 Å². The highest BCUT2D eigenvalue weighted by Crippen LogP contribution is 2.11. The molecule has 0 amide bonds. The zero-order valence-corrected chi connectivity index (χ0v) is 8.12. The molecule has 0 aromatic rings. The molecule has 0 aliphatic carbocycles. The standard InChI is InChI=1S/C9H16O4/c1-3-4-5-11-9(10)8-6-12-7(2)13-8/h7-8H,3-6H2,1-2H3. The largest absolute Gasteiger partial charge is 0.464 e. The van der Waals surface area contributed by atoms with Crippen molar-refractivity contribution in [1.82, 2.24) is 0 Å². The van der Waals surface area contributed by atoms with E-state index in [1.807, 2.05) is 6.92 Å². The minimum absolute atomic E-state index is 0.288. The molecule has 1 saturated heterocycles. The van der Waals surface area contributed by atoms with Crippen molar-refractivity contribution in [2.24, 2.45) is 0 Å². The first-order chi connectivity index (χ1) is 6.24. The molecule has 1 fully saturated rings. The van der Waals surface area contributed by atoms with Crippen LogP contribution in [-0.2, 0) is 19.0 Å². The fourth-order valence-electron chi connectivity index (χ4n) is 1.07. The maximum Gasteiger partial charge on any atom is 0.337 e. The third-order valence-electron chi connectivity index (χ3n) is 1.84. The third-order valence-corrected chi connectivity index (χ3v) is 1.84. The van der Waals surface area contributed by atoms with Crippen molar-refractivity contribution >= 4 is 5.97 Å². The van der Waals surface area contributed by atoms with E-state index in [0.29, 0.717) is 13.2 Å². The Morgan fingerprint density at radius 3 is 2.92 bits per heavy atom. The van der Waals surface area contributed by atoms with Gasteiger partial charge in [-0.2, -0.15) is 0 Å². The zero-order valence-electron chi connectivity index (χ0n) is 8.12. The average molecular weight is 188 g/mol. The van der Waals surface area contributed by atoms with E-state index in [0.717, 1.165) is 12.8 Å². The number of hydrogen-bond donors (Lipinski definition) is 0. The fraction of sp³-hybridized carbons (Fsp3) is 0.889. The smallest absolute Gasteiger partial charge is 0.337 e. The Kier molecular flexibility index (Phi) is 4.18. The van der Waals surface area contributed by atoms with Crippen LogP contribution in [0.2, 0.25) is 0 Å². The lowest BCUT2D eigenvalue weighted by Crippen LogP contribution is -2.26. The summed E-state index contributed by atoms with van der Waals surface area (Å²) in [7, 11) is 0. The summed E-state index contributed by atoms with van der Waals surface area (Å²) in [4.78, 5) is 11.2. The average Bonchev–Trinajstić information content (AvgIpc) is 2.52. The second-order valence-electron chi connectivity index (χ2n) is 3.05. The van der Waals surface area contributed by atoms with Crippen LogP contribution in [0.1, 0.15) is 26.7 Å². The molecule has 0 radical (unpaired) electrons. The van der Waals surface area contributed by atoms with Gasteiger partial charge in [-0.25, -0.2) is 4.79 Å². The molecule has 1 heterocycles. The Morgan fingerprint density at radius 1 is 1.62 bits per heavy atom. The Morgan fingerprint density at radius 2 is 2.38 bits per heavy atom. The first kappa shape index (κ1) is 10.5. The third kappa shape index (κ3) is 3.32. The van der Waals surface area contributed by atoms with Crippen LogP contribution in [0.4, 0.5) is 0 Å². The summed E-state index contributed by atoms with van der Waals surface area (Å²) in [6.45, 7) is 4.60. The topological polar surface area (TPSA) is 44.8 Å². The molecule has 0 aromatic heterocycles. The van der Waals surface area contributed by atoms with E-state index in [4.69, 9.17) is 14.2 Å². The Labute approximate surface area is 78.2 Å². The van der Waals surface area contributed by atoms with Crippen molar-refractivity contribution in [3.05, 3.63) is 0 Å². The van der Waals surface area contributed by atoms with Crippen LogP contribution >= 0.6 is 0 Å². The monoisotopic (exact) mass is 188 g/mol. The summed E-state index contributed by atoms with van der Waals surface area (Å²) in [5.74, 6) is -0.308. The van der Waals surface area contributed by atoms with Crippen LogP contribution in [-0.4, -0.2) is 31.6 Å². The van der Waals surface area contributed by atoms with E-state index in [9.17, 15) is 4.79 Å². The highest BCUT2D eigenvalue weighted by molar-refractivity contribution is 5.75. The molecule has 13 heavy (non-hydrogen) atoms. The molecule has 0 bridgehead atoms. The van der Waals surface area contributed by atoms with Crippen molar-refractivity contribution in [2.45, 2.75) is 39.1 Å². The molecule has 1 rings (SSSR count). The van der Waals surface area contributed by atoms with Gasteiger partial charge in [0.2, 0.25) is 0 Å². The maximum atomic E-state index is 11.2. The molecule has 76 valence electrons. The van der Waals surface area contributed by atoms with Crippen LogP contribution in [0.25, 0.3) is 0 Å². The van der Waals surface area contributed by atoms with E-state index in [1.54, 1.807) is 6.92 Å². The summed E-state index contributed by atoms with van der Waals surface area (Å²) in [5, 5.41) is 0. The number of ether oxygens (including phenoxy) is 3. The molecule has 0 N–H and O–H groups in total. The van der Waals surface area contributed by atoms with Gasteiger partial charge in [-0.15, -0.1) is 0 Å². The van der Waals surface area contributed by atoms with Crippen molar-refractivity contribution in [3.63, 3.8) is 0 Å². The molecular weight excluding hydrogens is 172 g/mol. The zero-order chi connectivity index (χ0) is 9.68. The van der Waals surface area contributed by atoms with Crippen LogP contribution in [0.5, 0.6) is 0 Å². The van der Waals surface area contributed by atoms with Crippen molar-refractivity contribution in [3.8, 4) is 0 Å². The van der Waals surface area contributed by atoms with Crippen LogP contribution in [0.15, 0.2) is 0 Å². The fourth-order valence-corrected chi connectivity index (χ4v) is 1.07. The van der Waals surface area contributed by atoms with Crippen molar-refractivity contribution in [2.75, 3.05) is 13.2 Å². The van der Waals surface area contributed by atoms with Gasteiger partial charge in [-0.05, 0) is 13.3 Å². The number of rotatable bonds is 4. The summed E-state index contributed by atoms with van der Waals surface area (Å²) in [5.41, 5.74) is 0. The summed E-state index contributed by atoms with van der Waals surface area (Å²) in [6, 6.07) is 0. The Bertz CT molecular complexity index is 169. The molecule has 4 heteroatoms. The summed E-state index contributed by atoms with van der Waals surface area (Å²) in [6.07, 6.45) is 1.11. The van der Waals surface area contributed by atoms with E-state index in [-0.39, 0.29) is 12.3 Å². The number of unbranched alkanes of at least 4 members (excludes halogenated alkanes) is 1. The maximum absolute atomic E-state index is 11.2. The van der Waals surface area contributed by atoms with Gasteiger partial charge in [-0.3, -0.25) is 0 Å². The molecule has 0 saturated carbocycles. The van der Waals surface area contributed by atoms with Gasteiger partial charge < -0.3 is 14.2 Å². The number of hydrogen-bond acceptors (Lipinski definition) is 4. The number of carbonyl (C=O) groups excluding carboxylic acids is 1. The molecule has 2 unspecified atom stereocenters. The first-order valence-electron chi connectivity index (χ1n) is 4.67. The van der Waals surface area contributed by atoms with E-state index < -0.39 is 6.10 Å². The lowest BCUT2D eigenvalue weighted by molar-refractivity contribution is -0.156. The lowest BCUT2D eigenvalue weighted by atomic mass is 10.3. The molecule has 2 atom stereocenters. The molecule has 1 aliphatic heterocycles. The van der Waals surface area contributed by atoms with Crippen LogP contribution in [0.3, 0.4) is 0 Å². The normalized spacial score (nSPS) is 27.5. The van der Waals surface area contributed by atoms with E-state index in [1.165, 1.54) is 0 Å². The minimum atomic E-state index is -0.521. The van der Waals surface area contributed by atoms with Crippen LogP contribution in [0, 0.1) is 0 Å². The predicted octanol–water partition coefficient (Wildman–Crippen LogP) is 1.09. The minimum Gasteiger partial charge on any atom is -0.464 e.